The van der Waals surface area contributed by atoms with Gasteiger partial charge in [0.1, 0.15) is 32.1 Å². The summed E-state index contributed by atoms with van der Waals surface area (Å²) in [6, 6.07) is 12.7. The van der Waals surface area contributed by atoms with Crippen molar-refractivity contribution < 1.29 is 43.0 Å². The minimum atomic E-state index is -0.814. The number of ether oxygens (including phenoxy) is 4. The summed E-state index contributed by atoms with van der Waals surface area (Å²) < 4.78 is 26.6. The Kier molecular flexibility index (Phi) is 8.88. The van der Waals surface area contributed by atoms with Crippen molar-refractivity contribution in [2.75, 3.05) is 39.6 Å². The quantitative estimate of drug-likeness (QED) is 0.149. The number of hydrogen-bond acceptors (Lipinski definition) is 8. The molecule has 40 heavy (non-hydrogen) atoms. The van der Waals surface area contributed by atoms with Crippen LogP contribution in [0.15, 0.2) is 42.5 Å². The van der Waals surface area contributed by atoms with E-state index < -0.39 is 5.92 Å². The zero-order valence-corrected chi connectivity index (χ0v) is 22.7. The van der Waals surface area contributed by atoms with Crippen LogP contribution in [0, 0.1) is 5.92 Å². The number of carbonyl (C=O) groups is 3. The molecule has 0 saturated carbocycles. The van der Waals surface area contributed by atoms with Gasteiger partial charge >= 0.3 is 5.97 Å². The fraction of sp³-hybridized carbons (Fsp3) is 0.467. The summed E-state index contributed by atoms with van der Waals surface area (Å²) in [6.45, 7) is 3.93. The normalized spacial score (nSPS) is 17.1. The van der Waals surface area contributed by atoms with Gasteiger partial charge in [-0.1, -0.05) is 24.3 Å². The largest absolute Gasteiger partial charge is 0.491 e. The van der Waals surface area contributed by atoms with Crippen molar-refractivity contribution >= 4 is 28.6 Å². The first-order chi connectivity index (χ1) is 19.5. The average molecular weight is 552 g/mol. The van der Waals surface area contributed by atoms with E-state index in [-0.39, 0.29) is 56.5 Å². The van der Waals surface area contributed by atoms with Crippen LogP contribution in [0.25, 0.3) is 11.0 Å². The zero-order valence-electron chi connectivity index (χ0n) is 22.7. The Hall–Kier alpha value is -3.60. The summed E-state index contributed by atoms with van der Waals surface area (Å²) in [7, 11) is 0. The lowest BCUT2D eigenvalue weighted by atomic mass is 9.99. The van der Waals surface area contributed by atoms with Crippen molar-refractivity contribution in [1.29, 1.82) is 0 Å². The molecular weight excluding hydrogens is 516 g/mol. The van der Waals surface area contributed by atoms with Crippen molar-refractivity contribution in [1.82, 2.24) is 4.57 Å². The molecule has 0 unspecified atom stereocenters. The van der Waals surface area contributed by atoms with Crippen LogP contribution in [0.3, 0.4) is 0 Å². The molecule has 2 aromatic carbocycles. The minimum absolute atomic E-state index is 0.0111. The van der Waals surface area contributed by atoms with Gasteiger partial charge in [-0.3, -0.25) is 14.4 Å². The summed E-state index contributed by atoms with van der Waals surface area (Å²) in [5.74, 6) is -0.0524. The molecule has 1 aromatic heterocycles. The highest BCUT2D eigenvalue weighted by atomic mass is 16.6. The van der Waals surface area contributed by atoms with E-state index in [4.69, 9.17) is 18.9 Å². The van der Waals surface area contributed by atoms with Crippen LogP contribution in [-0.4, -0.2) is 73.0 Å². The Morgan fingerprint density at radius 3 is 2.52 bits per heavy atom. The van der Waals surface area contributed by atoms with Gasteiger partial charge in [0.2, 0.25) is 0 Å². The molecule has 2 heterocycles. The van der Waals surface area contributed by atoms with Crippen molar-refractivity contribution in [3.63, 3.8) is 0 Å². The van der Waals surface area contributed by atoms with E-state index in [0.29, 0.717) is 43.2 Å². The van der Waals surface area contributed by atoms with E-state index in [1.54, 1.807) is 24.3 Å². The zero-order chi connectivity index (χ0) is 28.1. The van der Waals surface area contributed by atoms with Crippen LogP contribution in [-0.2, 0) is 38.5 Å². The smallest absolute Gasteiger partial charge is 0.302 e. The molecule has 0 amide bonds. The fourth-order valence-electron chi connectivity index (χ4n) is 5.57. The average Bonchev–Trinajstić information content (AvgIpc) is 3.63. The molecule has 1 aliphatic carbocycles. The number of fused-ring (bicyclic) bond motifs is 2. The number of aliphatic hydroxyl groups excluding tert-OH is 1. The van der Waals surface area contributed by atoms with E-state index in [0.717, 1.165) is 29.7 Å². The third-order valence-corrected chi connectivity index (χ3v) is 7.39. The molecule has 0 spiro atoms. The molecule has 0 radical (unpaired) electrons. The van der Waals surface area contributed by atoms with Gasteiger partial charge in [-0.2, -0.15) is 0 Å². The SMILES string of the molecule is CC(=O)OCCOCC[n+]1c(CC2C(=O)c3ccccc3C2=O)n(C[C@@H]2CCCO2)c2cc(OCCO)ccc21. The highest BCUT2D eigenvalue weighted by Crippen LogP contribution is 2.31. The summed E-state index contributed by atoms with van der Waals surface area (Å²) in [4.78, 5) is 37.8. The lowest BCUT2D eigenvalue weighted by Gasteiger charge is -2.12. The number of nitrogens with zero attached hydrogens (tertiary/aromatic N) is 2. The maximum absolute atomic E-state index is 13.4. The van der Waals surface area contributed by atoms with Gasteiger partial charge in [0, 0.05) is 30.7 Å². The molecule has 10 nitrogen and oxygen atoms in total. The van der Waals surface area contributed by atoms with E-state index in [1.165, 1.54) is 6.92 Å². The Bertz CT molecular complexity index is 1360. The fourth-order valence-corrected chi connectivity index (χ4v) is 5.57. The number of esters is 1. The molecular formula is C30H35N2O8+. The predicted octanol–water partition coefficient (Wildman–Crippen LogP) is 2.30. The Labute approximate surface area is 232 Å². The predicted molar refractivity (Wildman–Crippen MR) is 143 cm³/mol. The number of imidazole rings is 1. The third-order valence-electron chi connectivity index (χ3n) is 7.39. The van der Waals surface area contributed by atoms with Gasteiger partial charge in [0.05, 0.1) is 38.3 Å². The van der Waals surface area contributed by atoms with Gasteiger partial charge in [-0.25, -0.2) is 9.13 Å². The second-order valence-electron chi connectivity index (χ2n) is 10.0. The standard InChI is InChI=1S/C30H35N2O8/c1-20(34)38-16-15-37-13-10-31-26-9-8-21(40-14-11-33)17-27(26)32(19-22-5-4-12-39-22)28(31)18-25-29(35)23-6-2-3-7-24(23)30(25)36/h2-3,6-9,17,22,25,33H,4-5,10-16,18-19H2,1H3/q+1/t22-/m0/s1. The Morgan fingerprint density at radius 2 is 1.85 bits per heavy atom. The summed E-state index contributed by atoms with van der Waals surface area (Å²) in [6.07, 6.45) is 2.14. The van der Waals surface area contributed by atoms with E-state index in [9.17, 15) is 19.5 Å². The summed E-state index contributed by atoms with van der Waals surface area (Å²) in [5.41, 5.74) is 2.73. The van der Waals surface area contributed by atoms with E-state index >= 15 is 0 Å². The second-order valence-corrected chi connectivity index (χ2v) is 10.0. The molecule has 5 rings (SSSR count). The maximum atomic E-state index is 13.4. The number of hydrogen-bond donors (Lipinski definition) is 1. The molecule has 1 fully saturated rings. The molecule has 1 saturated heterocycles. The monoisotopic (exact) mass is 551 g/mol. The molecule has 10 heteroatoms. The van der Waals surface area contributed by atoms with Crippen LogP contribution in [0.1, 0.15) is 46.3 Å². The molecule has 1 N–H and O–H groups in total. The first-order valence-electron chi connectivity index (χ1n) is 13.8. The third kappa shape index (κ3) is 5.94. The number of benzene rings is 2. The minimum Gasteiger partial charge on any atom is -0.491 e. The highest BCUT2D eigenvalue weighted by Gasteiger charge is 2.42. The summed E-state index contributed by atoms with van der Waals surface area (Å²) >= 11 is 0. The van der Waals surface area contributed by atoms with Gasteiger partial charge in [0.25, 0.3) is 5.82 Å². The van der Waals surface area contributed by atoms with Gasteiger partial charge in [0.15, 0.2) is 22.6 Å². The van der Waals surface area contributed by atoms with Crippen LogP contribution in [0.4, 0.5) is 0 Å². The molecule has 1 aliphatic heterocycles. The maximum Gasteiger partial charge on any atom is 0.302 e. The number of Topliss-reactive ketones (excluding diaryl/α,β-unsaturated/α-hetero) is 2. The Balaban J connectivity index is 1.51. The van der Waals surface area contributed by atoms with Gasteiger partial charge < -0.3 is 24.1 Å². The summed E-state index contributed by atoms with van der Waals surface area (Å²) in [5, 5.41) is 9.25. The number of carbonyl (C=O) groups excluding carboxylic acids is 3. The molecule has 3 aromatic rings. The van der Waals surface area contributed by atoms with Crippen molar-refractivity contribution in [3.8, 4) is 5.75 Å². The first-order valence-corrected chi connectivity index (χ1v) is 13.8. The van der Waals surface area contributed by atoms with Crippen LogP contribution in [0.2, 0.25) is 0 Å². The first kappa shape index (κ1) is 27.9. The van der Waals surface area contributed by atoms with Crippen molar-refractivity contribution in [2.45, 2.75) is 45.4 Å². The second kappa shape index (κ2) is 12.7. The molecule has 0 bridgehead atoms. The highest BCUT2D eigenvalue weighted by molar-refractivity contribution is 6.26. The molecule has 1 atom stereocenters. The number of rotatable bonds is 13. The van der Waals surface area contributed by atoms with Gasteiger partial charge in [-0.05, 0) is 25.0 Å². The van der Waals surface area contributed by atoms with Crippen LogP contribution < -0.4 is 9.30 Å². The van der Waals surface area contributed by atoms with Crippen LogP contribution in [0.5, 0.6) is 5.75 Å². The van der Waals surface area contributed by atoms with Crippen molar-refractivity contribution in [3.05, 3.63) is 59.4 Å². The van der Waals surface area contributed by atoms with Gasteiger partial charge in [-0.15, -0.1) is 0 Å². The topological polar surface area (TPSA) is 117 Å². The molecule has 212 valence electrons. The van der Waals surface area contributed by atoms with E-state index in [1.807, 2.05) is 18.2 Å². The number of aliphatic hydroxyl groups is 1. The number of ketones is 2. The Morgan fingerprint density at radius 1 is 1.07 bits per heavy atom. The lowest BCUT2D eigenvalue weighted by Crippen LogP contribution is -2.42. The van der Waals surface area contributed by atoms with Crippen molar-refractivity contribution in [2.24, 2.45) is 5.92 Å². The lowest BCUT2D eigenvalue weighted by molar-refractivity contribution is -0.681. The molecule has 2 aliphatic rings. The number of aromatic nitrogens is 2. The van der Waals surface area contributed by atoms with E-state index in [2.05, 4.69) is 9.13 Å². The van der Waals surface area contributed by atoms with Crippen LogP contribution >= 0.6 is 0 Å².